The molecular weight excluding hydrogens is 457 g/mol. The highest BCUT2D eigenvalue weighted by molar-refractivity contribution is 7.99. The molecule has 0 aliphatic rings. The van der Waals surface area contributed by atoms with Gasteiger partial charge in [-0.25, -0.2) is 4.98 Å². The lowest BCUT2D eigenvalue weighted by atomic mass is 10.2. The number of halogens is 3. The second-order valence-corrected chi connectivity index (χ2v) is 7.89. The Morgan fingerprint density at radius 3 is 2.36 bits per heavy atom. The van der Waals surface area contributed by atoms with Crippen LogP contribution in [0.5, 0.6) is 0 Å². The number of thioether (sulfide) groups is 1. The van der Waals surface area contributed by atoms with Crippen molar-refractivity contribution in [2.75, 3.05) is 11.1 Å². The third-order valence-electron chi connectivity index (χ3n) is 4.53. The van der Waals surface area contributed by atoms with Crippen LogP contribution in [0, 0.1) is 0 Å². The molecule has 0 saturated heterocycles. The van der Waals surface area contributed by atoms with Gasteiger partial charge in [-0.15, -0.1) is 0 Å². The minimum absolute atomic E-state index is 0.0888. The van der Waals surface area contributed by atoms with Gasteiger partial charge in [-0.05, 0) is 29.8 Å². The molecule has 33 heavy (non-hydrogen) atoms. The number of alkyl halides is 3. The first kappa shape index (κ1) is 24.3. The average Bonchev–Trinajstić information content (AvgIpc) is 3.18. The number of rotatable bonds is 9. The van der Waals surface area contributed by atoms with Crippen LogP contribution in [0.3, 0.4) is 0 Å². The Bertz CT molecular complexity index is 1090. The van der Waals surface area contributed by atoms with E-state index in [-0.39, 0.29) is 30.5 Å². The van der Waals surface area contributed by atoms with Crippen molar-refractivity contribution < 1.29 is 27.9 Å². The monoisotopic (exact) mass is 478 g/mol. The molecule has 0 bridgehead atoms. The molecule has 0 atom stereocenters. The predicted molar refractivity (Wildman–Crippen MR) is 117 cm³/mol. The van der Waals surface area contributed by atoms with Crippen molar-refractivity contribution in [3.8, 4) is 0 Å². The molecule has 0 saturated carbocycles. The lowest BCUT2D eigenvalue weighted by Crippen LogP contribution is -2.28. The van der Waals surface area contributed by atoms with Gasteiger partial charge < -0.3 is 20.3 Å². The van der Waals surface area contributed by atoms with Gasteiger partial charge in [-0.3, -0.25) is 9.59 Å². The second kappa shape index (κ2) is 11.0. The van der Waals surface area contributed by atoms with E-state index in [1.807, 2.05) is 30.3 Å². The Morgan fingerprint density at radius 1 is 1.03 bits per heavy atom. The number of imidazole rings is 1. The first-order valence-corrected chi connectivity index (χ1v) is 10.8. The topological polar surface area (TPSA) is 96.2 Å². The quantitative estimate of drug-likeness (QED) is 0.410. The summed E-state index contributed by atoms with van der Waals surface area (Å²) in [5.74, 6) is -0.829. The maximum atomic E-state index is 12.6. The van der Waals surface area contributed by atoms with E-state index in [4.69, 9.17) is 0 Å². The Labute approximate surface area is 192 Å². The molecule has 0 spiro atoms. The molecule has 0 unspecified atom stereocenters. The molecule has 0 aliphatic heterocycles. The van der Waals surface area contributed by atoms with Crippen molar-refractivity contribution in [3.05, 3.63) is 77.6 Å². The molecule has 11 heteroatoms. The van der Waals surface area contributed by atoms with Crippen LogP contribution in [-0.4, -0.2) is 32.2 Å². The SMILES string of the molecule is O=C(Cn1c(CO)cnc1SCC(=O)Nc1ccc(C(F)(F)F)cc1)NCc1ccccc1. The van der Waals surface area contributed by atoms with Crippen LogP contribution in [0.4, 0.5) is 18.9 Å². The molecule has 1 aromatic heterocycles. The van der Waals surface area contributed by atoms with Crippen molar-refractivity contribution in [3.63, 3.8) is 0 Å². The highest BCUT2D eigenvalue weighted by Gasteiger charge is 2.30. The summed E-state index contributed by atoms with van der Waals surface area (Å²) >= 11 is 1.04. The Balaban J connectivity index is 1.56. The van der Waals surface area contributed by atoms with E-state index in [2.05, 4.69) is 15.6 Å². The zero-order chi connectivity index (χ0) is 23.8. The number of carbonyl (C=O) groups is 2. The van der Waals surface area contributed by atoms with E-state index >= 15 is 0 Å². The number of nitrogens with zero attached hydrogens (tertiary/aromatic N) is 2. The summed E-state index contributed by atoms with van der Waals surface area (Å²) < 4.78 is 39.4. The number of aromatic nitrogens is 2. The van der Waals surface area contributed by atoms with E-state index in [0.29, 0.717) is 17.4 Å². The van der Waals surface area contributed by atoms with Gasteiger partial charge in [0.15, 0.2) is 5.16 Å². The van der Waals surface area contributed by atoms with Gasteiger partial charge in [0.2, 0.25) is 11.8 Å². The van der Waals surface area contributed by atoms with Crippen molar-refractivity contribution in [2.24, 2.45) is 0 Å². The smallest absolute Gasteiger partial charge is 0.390 e. The summed E-state index contributed by atoms with van der Waals surface area (Å²) in [6.45, 7) is -0.0797. The molecule has 3 N–H and O–H groups in total. The zero-order valence-corrected chi connectivity index (χ0v) is 18.1. The predicted octanol–water partition coefficient (Wildman–Crippen LogP) is 3.44. The van der Waals surface area contributed by atoms with Crippen molar-refractivity contribution >= 4 is 29.3 Å². The number of benzene rings is 2. The van der Waals surface area contributed by atoms with Gasteiger partial charge in [0.1, 0.15) is 6.54 Å². The van der Waals surface area contributed by atoms with Crippen LogP contribution >= 0.6 is 11.8 Å². The van der Waals surface area contributed by atoms with Gasteiger partial charge in [0.05, 0.1) is 29.8 Å². The highest BCUT2D eigenvalue weighted by Crippen LogP contribution is 2.30. The average molecular weight is 478 g/mol. The molecule has 1 heterocycles. The van der Waals surface area contributed by atoms with Crippen LogP contribution in [0.2, 0.25) is 0 Å². The van der Waals surface area contributed by atoms with Crippen LogP contribution in [-0.2, 0) is 35.5 Å². The standard InChI is InChI=1S/C22H21F3N4O3S/c23-22(24,25)16-6-8-17(9-7-16)28-20(32)14-33-21-27-11-18(13-30)29(21)12-19(31)26-10-15-4-2-1-3-5-15/h1-9,11,30H,10,12-14H2,(H,26,31)(H,28,32). The van der Waals surface area contributed by atoms with Crippen LogP contribution in [0.1, 0.15) is 16.8 Å². The second-order valence-electron chi connectivity index (χ2n) is 6.95. The fourth-order valence-electron chi connectivity index (χ4n) is 2.87. The van der Waals surface area contributed by atoms with E-state index < -0.39 is 17.6 Å². The highest BCUT2D eigenvalue weighted by atomic mass is 32.2. The van der Waals surface area contributed by atoms with Crippen LogP contribution in [0.25, 0.3) is 0 Å². The number of aliphatic hydroxyl groups is 1. The summed E-state index contributed by atoms with van der Waals surface area (Å²) in [5.41, 5.74) is 0.774. The molecule has 0 radical (unpaired) electrons. The number of hydrogen-bond acceptors (Lipinski definition) is 5. The van der Waals surface area contributed by atoms with E-state index in [1.165, 1.54) is 22.9 Å². The summed E-state index contributed by atoms with van der Waals surface area (Å²) in [5, 5.41) is 15.2. The van der Waals surface area contributed by atoms with Gasteiger partial charge in [0, 0.05) is 12.2 Å². The lowest BCUT2D eigenvalue weighted by molar-refractivity contribution is -0.137. The van der Waals surface area contributed by atoms with E-state index in [1.54, 1.807) is 0 Å². The zero-order valence-electron chi connectivity index (χ0n) is 17.3. The molecule has 2 amide bonds. The number of amides is 2. The molecule has 2 aromatic carbocycles. The Morgan fingerprint density at radius 2 is 1.73 bits per heavy atom. The number of hydrogen-bond donors (Lipinski definition) is 3. The third-order valence-corrected chi connectivity index (χ3v) is 5.52. The number of anilines is 1. The minimum atomic E-state index is -4.45. The summed E-state index contributed by atoms with van der Waals surface area (Å²) in [7, 11) is 0. The van der Waals surface area contributed by atoms with Crippen molar-refractivity contribution in [2.45, 2.75) is 31.0 Å². The Hall–Kier alpha value is -3.31. The fourth-order valence-corrected chi connectivity index (χ4v) is 3.67. The lowest BCUT2D eigenvalue weighted by Gasteiger charge is -2.12. The van der Waals surface area contributed by atoms with Gasteiger partial charge in [0.25, 0.3) is 0 Å². The number of aliphatic hydroxyl groups excluding tert-OH is 1. The molecule has 3 aromatic rings. The first-order valence-electron chi connectivity index (χ1n) is 9.82. The molecule has 0 aliphatic carbocycles. The maximum absolute atomic E-state index is 12.6. The van der Waals surface area contributed by atoms with E-state index in [9.17, 15) is 27.9 Å². The van der Waals surface area contributed by atoms with E-state index in [0.717, 1.165) is 29.5 Å². The van der Waals surface area contributed by atoms with Gasteiger partial charge in [-0.1, -0.05) is 42.1 Å². The minimum Gasteiger partial charge on any atom is -0.390 e. The fraction of sp³-hybridized carbons (Fsp3) is 0.227. The summed E-state index contributed by atoms with van der Waals surface area (Å²) in [6, 6.07) is 13.5. The normalized spacial score (nSPS) is 11.3. The van der Waals surface area contributed by atoms with Gasteiger partial charge in [-0.2, -0.15) is 13.2 Å². The third kappa shape index (κ3) is 7.09. The summed E-state index contributed by atoms with van der Waals surface area (Å²) in [6.07, 6.45) is -3.03. The number of carbonyl (C=O) groups excluding carboxylic acids is 2. The van der Waals surface area contributed by atoms with Crippen molar-refractivity contribution in [1.29, 1.82) is 0 Å². The molecule has 0 fully saturated rings. The van der Waals surface area contributed by atoms with Crippen LogP contribution < -0.4 is 10.6 Å². The molecule has 174 valence electrons. The maximum Gasteiger partial charge on any atom is 0.416 e. The summed E-state index contributed by atoms with van der Waals surface area (Å²) in [4.78, 5) is 28.7. The first-order chi connectivity index (χ1) is 15.8. The van der Waals surface area contributed by atoms with Crippen molar-refractivity contribution in [1.82, 2.24) is 14.9 Å². The molecular formula is C22H21F3N4O3S. The molecule has 7 nitrogen and oxygen atoms in total. The Kier molecular flexibility index (Phi) is 8.12. The van der Waals surface area contributed by atoms with Crippen LogP contribution in [0.15, 0.2) is 66.0 Å². The number of nitrogens with one attached hydrogen (secondary N) is 2. The largest absolute Gasteiger partial charge is 0.416 e. The molecule has 3 rings (SSSR count). The van der Waals surface area contributed by atoms with Gasteiger partial charge >= 0.3 is 6.18 Å².